The lowest BCUT2D eigenvalue weighted by Gasteiger charge is -2.29. The van der Waals surface area contributed by atoms with Crippen LogP contribution in [0.3, 0.4) is 0 Å². The summed E-state index contributed by atoms with van der Waals surface area (Å²) in [5, 5.41) is 11.3. The highest BCUT2D eigenvalue weighted by Crippen LogP contribution is 2.34. The molecule has 7 nitrogen and oxygen atoms in total. The van der Waals surface area contributed by atoms with Crippen molar-refractivity contribution >= 4 is 17.1 Å². The molecule has 2 aromatic carbocycles. The van der Waals surface area contributed by atoms with Crippen molar-refractivity contribution in [3.63, 3.8) is 0 Å². The molecule has 2 aromatic rings. The second kappa shape index (κ2) is 8.22. The maximum atomic E-state index is 13.8. The van der Waals surface area contributed by atoms with Gasteiger partial charge in [-0.3, -0.25) is 10.1 Å². The Balaban J connectivity index is 1.78. The normalized spacial score (nSPS) is 14.1. The van der Waals surface area contributed by atoms with Crippen LogP contribution in [-0.2, 0) is 11.3 Å². The molecule has 0 amide bonds. The summed E-state index contributed by atoms with van der Waals surface area (Å²) in [6.07, 6.45) is 0. The molecule has 1 fully saturated rings. The lowest BCUT2D eigenvalue weighted by Crippen LogP contribution is -2.36. The minimum absolute atomic E-state index is 0.0230. The van der Waals surface area contributed by atoms with Crippen molar-refractivity contribution in [1.82, 2.24) is 0 Å². The van der Waals surface area contributed by atoms with Crippen LogP contribution in [0, 0.1) is 15.9 Å². The van der Waals surface area contributed by atoms with Crippen LogP contribution in [-0.4, -0.2) is 45.4 Å². The van der Waals surface area contributed by atoms with Crippen molar-refractivity contribution in [2.45, 2.75) is 6.54 Å². The van der Waals surface area contributed by atoms with Gasteiger partial charge in [0, 0.05) is 38.4 Å². The van der Waals surface area contributed by atoms with Crippen molar-refractivity contribution < 1.29 is 18.8 Å². The van der Waals surface area contributed by atoms with Crippen LogP contribution in [0.15, 0.2) is 36.4 Å². The molecule has 0 aromatic heterocycles. The van der Waals surface area contributed by atoms with Gasteiger partial charge in [0.05, 0.1) is 31.3 Å². The van der Waals surface area contributed by atoms with Crippen LogP contribution >= 0.6 is 0 Å². The first-order valence-corrected chi connectivity index (χ1v) is 8.64. The van der Waals surface area contributed by atoms with Crippen LogP contribution in [0.5, 0.6) is 5.75 Å². The Morgan fingerprint density at radius 3 is 2.52 bits per heavy atom. The third-order valence-electron chi connectivity index (χ3n) is 4.59. The number of hydrogen-bond acceptors (Lipinski definition) is 6. The van der Waals surface area contributed by atoms with E-state index in [1.54, 1.807) is 11.9 Å². The molecule has 0 bridgehead atoms. The van der Waals surface area contributed by atoms with Crippen molar-refractivity contribution in [3.05, 3.63) is 57.9 Å². The summed E-state index contributed by atoms with van der Waals surface area (Å²) in [5.74, 6) is -0.777. The number of methoxy groups -OCH3 is 1. The van der Waals surface area contributed by atoms with Crippen molar-refractivity contribution in [1.29, 1.82) is 0 Å². The van der Waals surface area contributed by atoms with Gasteiger partial charge in [-0.25, -0.2) is 4.39 Å². The number of halogens is 1. The quantitative estimate of drug-likeness (QED) is 0.570. The second-order valence-electron chi connectivity index (χ2n) is 6.35. The molecule has 0 radical (unpaired) electrons. The topological polar surface area (TPSA) is 68.1 Å². The van der Waals surface area contributed by atoms with E-state index in [-0.39, 0.29) is 11.4 Å². The van der Waals surface area contributed by atoms with Crippen molar-refractivity contribution in [3.8, 4) is 5.75 Å². The molecule has 1 saturated heterocycles. The zero-order valence-corrected chi connectivity index (χ0v) is 15.4. The Hall–Kier alpha value is -2.87. The first-order chi connectivity index (χ1) is 13.0. The Labute approximate surface area is 157 Å². The Morgan fingerprint density at radius 2 is 1.93 bits per heavy atom. The summed E-state index contributed by atoms with van der Waals surface area (Å²) in [7, 11) is 3.06. The molecule has 27 heavy (non-hydrogen) atoms. The average Bonchev–Trinajstić information content (AvgIpc) is 2.68. The Kier molecular flexibility index (Phi) is 5.75. The predicted octanol–water partition coefficient (Wildman–Crippen LogP) is 3.22. The Bertz CT molecular complexity index is 807. The summed E-state index contributed by atoms with van der Waals surface area (Å²) >= 11 is 0. The maximum absolute atomic E-state index is 13.8. The van der Waals surface area contributed by atoms with Gasteiger partial charge in [0.1, 0.15) is 5.69 Å². The summed E-state index contributed by atoms with van der Waals surface area (Å²) < 4.78 is 24.2. The smallest absolute Gasteiger partial charge is 0.295 e. The number of nitrogens with zero attached hydrogens (tertiary/aromatic N) is 3. The van der Waals surface area contributed by atoms with E-state index < -0.39 is 10.7 Å². The molecule has 1 heterocycles. The van der Waals surface area contributed by atoms with Gasteiger partial charge in [-0.05, 0) is 17.7 Å². The molecule has 3 rings (SSSR count). The van der Waals surface area contributed by atoms with E-state index in [1.165, 1.54) is 13.2 Å². The molecular weight excluding hydrogens is 353 g/mol. The van der Waals surface area contributed by atoms with Gasteiger partial charge in [0.15, 0.2) is 11.6 Å². The number of rotatable bonds is 6. The van der Waals surface area contributed by atoms with E-state index in [1.807, 2.05) is 24.3 Å². The molecule has 0 atom stereocenters. The van der Waals surface area contributed by atoms with Crippen LogP contribution in [0.1, 0.15) is 5.56 Å². The number of morpholine rings is 1. The number of benzene rings is 2. The lowest BCUT2D eigenvalue weighted by molar-refractivity contribution is -0.384. The van der Waals surface area contributed by atoms with E-state index in [0.29, 0.717) is 12.2 Å². The van der Waals surface area contributed by atoms with Gasteiger partial charge in [0.25, 0.3) is 5.69 Å². The molecule has 144 valence electrons. The molecular formula is C19H22FN3O4. The fraction of sp³-hybridized carbons (Fsp3) is 0.368. The van der Waals surface area contributed by atoms with Crippen LogP contribution in [0.25, 0.3) is 0 Å². The monoisotopic (exact) mass is 375 g/mol. The molecule has 0 aliphatic carbocycles. The molecule has 1 aliphatic heterocycles. The van der Waals surface area contributed by atoms with Crippen LogP contribution in [0.2, 0.25) is 0 Å². The second-order valence-corrected chi connectivity index (χ2v) is 6.35. The maximum Gasteiger partial charge on any atom is 0.295 e. The summed E-state index contributed by atoms with van der Waals surface area (Å²) in [6.45, 7) is 3.61. The van der Waals surface area contributed by atoms with Gasteiger partial charge >= 0.3 is 0 Å². The molecule has 0 N–H and O–H groups in total. The predicted molar refractivity (Wildman–Crippen MR) is 101 cm³/mol. The molecule has 8 heteroatoms. The Morgan fingerprint density at radius 1 is 1.26 bits per heavy atom. The summed E-state index contributed by atoms with van der Waals surface area (Å²) in [6, 6.07) is 10.3. The van der Waals surface area contributed by atoms with Crippen molar-refractivity contribution in [2.75, 3.05) is 50.3 Å². The van der Waals surface area contributed by atoms with Crippen LogP contribution < -0.4 is 14.5 Å². The van der Waals surface area contributed by atoms with E-state index in [0.717, 1.165) is 43.6 Å². The fourth-order valence-corrected chi connectivity index (χ4v) is 3.13. The zero-order chi connectivity index (χ0) is 19.4. The highest BCUT2D eigenvalue weighted by molar-refractivity contribution is 5.66. The minimum Gasteiger partial charge on any atom is -0.494 e. The first-order valence-electron chi connectivity index (χ1n) is 8.64. The van der Waals surface area contributed by atoms with Gasteiger partial charge in [-0.1, -0.05) is 12.1 Å². The SMILES string of the molecule is COc1cc(N(C)Cc2ccc(N3CCOCC3)cc2)c([N+](=O)[O-])cc1F. The zero-order valence-electron chi connectivity index (χ0n) is 15.4. The molecule has 0 saturated carbocycles. The van der Waals surface area contributed by atoms with Gasteiger partial charge < -0.3 is 19.3 Å². The summed E-state index contributed by atoms with van der Waals surface area (Å²) in [5.41, 5.74) is 2.13. The number of ether oxygens (including phenoxy) is 2. The summed E-state index contributed by atoms with van der Waals surface area (Å²) in [4.78, 5) is 14.7. The minimum atomic E-state index is -0.754. The average molecular weight is 375 g/mol. The number of nitro groups is 1. The van der Waals surface area contributed by atoms with Crippen molar-refractivity contribution in [2.24, 2.45) is 0 Å². The van der Waals surface area contributed by atoms with Gasteiger partial charge in [-0.2, -0.15) is 0 Å². The molecule has 0 unspecified atom stereocenters. The standard InChI is InChI=1S/C19H22FN3O4/c1-21(17-12-19(26-2)16(20)11-18(17)23(24)25)13-14-3-5-15(6-4-14)22-7-9-27-10-8-22/h3-6,11-12H,7-10,13H2,1-2H3. The number of hydrogen-bond donors (Lipinski definition) is 0. The van der Waals surface area contributed by atoms with Gasteiger partial charge in [-0.15, -0.1) is 0 Å². The number of anilines is 2. The largest absolute Gasteiger partial charge is 0.494 e. The van der Waals surface area contributed by atoms with Gasteiger partial charge in [0.2, 0.25) is 0 Å². The lowest BCUT2D eigenvalue weighted by atomic mass is 10.1. The van der Waals surface area contributed by atoms with E-state index in [4.69, 9.17) is 9.47 Å². The number of nitro benzene ring substituents is 1. The molecule has 1 aliphatic rings. The third kappa shape index (κ3) is 4.28. The third-order valence-corrected chi connectivity index (χ3v) is 4.59. The fourth-order valence-electron chi connectivity index (χ4n) is 3.13. The van der Waals surface area contributed by atoms with E-state index in [2.05, 4.69) is 4.90 Å². The highest BCUT2D eigenvalue weighted by Gasteiger charge is 2.22. The van der Waals surface area contributed by atoms with E-state index >= 15 is 0 Å². The van der Waals surface area contributed by atoms with Crippen LogP contribution in [0.4, 0.5) is 21.5 Å². The highest BCUT2D eigenvalue weighted by atomic mass is 19.1. The first kappa shape index (κ1) is 18.9. The van der Waals surface area contributed by atoms with E-state index in [9.17, 15) is 14.5 Å². The molecule has 0 spiro atoms.